The lowest BCUT2D eigenvalue weighted by atomic mass is 10.1. The zero-order valence-electron chi connectivity index (χ0n) is 14.7. The fourth-order valence-electron chi connectivity index (χ4n) is 2.45. The molecule has 1 N–H and O–H groups in total. The molecular formula is C20H20FN3O2. The van der Waals surface area contributed by atoms with Crippen molar-refractivity contribution >= 4 is 5.91 Å². The van der Waals surface area contributed by atoms with E-state index in [1.807, 2.05) is 26.1 Å². The predicted molar refractivity (Wildman–Crippen MR) is 96.3 cm³/mol. The first-order valence-electron chi connectivity index (χ1n) is 8.26. The van der Waals surface area contributed by atoms with Gasteiger partial charge in [-0.05, 0) is 48.9 Å². The molecule has 0 saturated carbocycles. The smallest absolute Gasteiger partial charge is 0.251 e. The summed E-state index contributed by atoms with van der Waals surface area (Å²) in [7, 11) is 1.87. The summed E-state index contributed by atoms with van der Waals surface area (Å²) in [6.07, 6.45) is 1.76. The first-order chi connectivity index (χ1) is 12.5. The lowest BCUT2D eigenvalue weighted by molar-refractivity contribution is 0.0951. The van der Waals surface area contributed by atoms with E-state index in [1.165, 1.54) is 12.1 Å². The summed E-state index contributed by atoms with van der Waals surface area (Å²) in [5.74, 6) is 0.161. The molecule has 134 valence electrons. The summed E-state index contributed by atoms with van der Waals surface area (Å²) >= 11 is 0. The van der Waals surface area contributed by atoms with Gasteiger partial charge in [0, 0.05) is 30.4 Å². The van der Waals surface area contributed by atoms with Crippen molar-refractivity contribution in [2.24, 2.45) is 7.05 Å². The van der Waals surface area contributed by atoms with Crippen molar-refractivity contribution in [1.29, 1.82) is 0 Å². The minimum atomic E-state index is -0.297. The SMILES string of the molecule is Cc1c(CNC(=O)c2ccc(COc3ccc(F)cc3)cc2)cnn1C. The van der Waals surface area contributed by atoms with Crippen LogP contribution in [0.25, 0.3) is 0 Å². The molecule has 6 heteroatoms. The highest BCUT2D eigenvalue weighted by atomic mass is 19.1. The second kappa shape index (κ2) is 7.82. The Hall–Kier alpha value is -3.15. The third-order valence-corrected chi connectivity index (χ3v) is 4.21. The quantitative estimate of drug-likeness (QED) is 0.739. The molecule has 2 aromatic carbocycles. The maximum Gasteiger partial charge on any atom is 0.251 e. The molecule has 1 amide bonds. The van der Waals surface area contributed by atoms with Gasteiger partial charge in [0.25, 0.3) is 5.91 Å². The standard InChI is InChI=1S/C20H20FN3O2/c1-14-17(12-23-24(14)2)11-22-20(25)16-5-3-15(4-6-16)13-26-19-9-7-18(21)8-10-19/h3-10,12H,11,13H2,1-2H3,(H,22,25). The van der Waals surface area contributed by atoms with Crippen molar-refractivity contribution in [1.82, 2.24) is 15.1 Å². The number of nitrogens with one attached hydrogen (secondary N) is 1. The molecule has 0 aliphatic rings. The number of ether oxygens (including phenoxy) is 1. The van der Waals surface area contributed by atoms with Gasteiger partial charge in [0.1, 0.15) is 18.2 Å². The Morgan fingerprint density at radius 3 is 2.46 bits per heavy atom. The number of nitrogens with zero attached hydrogens (tertiary/aromatic N) is 2. The van der Waals surface area contributed by atoms with Gasteiger partial charge in [-0.15, -0.1) is 0 Å². The van der Waals surface area contributed by atoms with Gasteiger partial charge in [0.05, 0.1) is 6.20 Å². The Bertz CT molecular complexity index is 886. The van der Waals surface area contributed by atoms with Crippen LogP contribution in [0.15, 0.2) is 54.7 Å². The van der Waals surface area contributed by atoms with E-state index in [2.05, 4.69) is 10.4 Å². The summed E-state index contributed by atoms with van der Waals surface area (Å²) in [5, 5.41) is 7.05. The van der Waals surface area contributed by atoms with Crippen LogP contribution >= 0.6 is 0 Å². The maximum absolute atomic E-state index is 12.9. The second-order valence-electron chi connectivity index (χ2n) is 6.00. The number of hydrogen-bond donors (Lipinski definition) is 1. The number of carbonyl (C=O) groups excluding carboxylic acids is 1. The van der Waals surface area contributed by atoms with E-state index in [9.17, 15) is 9.18 Å². The number of carbonyl (C=O) groups is 1. The molecule has 3 rings (SSSR count). The molecule has 0 radical (unpaired) electrons. The average molecular weight is 353 g/mol. The van der Waals surface area contributed by atoms with Crippen molar-refractivity contribution in [3.63, 3.8) is 0 Å². The van der Waals surface area contributed by atoms with Crippen LogP contribution in [0.1, 0.15) is 27.2 Å². The fourth-order valence-corrected chi connectivity index (χ4v) is 2.45. The molecule has 0 fully saturated rings. The predicted octanol–water partition coefficient (Wildman–Crippen LogP) is 3.38. The minimum Gasteiger partial charge on any atom is -0.489 e. The number of benzene rings is 2. The fraction of sp³-hybridized carbons (Fsp3) is 0.200. The summed E-state index contributed by atoms with van der Waals surface area (Å²) < 4.78 is 20.2. The van der Waals surface area contributed by atoms with E-state index in [0.29, 0.717) is 24.5 Å². The molecule has 1 heterocycles. The van der Waals surface area contributed by atoms with E-state index >= 15 is 0 Å². The first-order valence-corrected chi connectivity index (χ1v) is 8.26. The normalized spacial score (nSPS) is 10.6. The van der Waals surface area contributed by atoms with E-state index in [1.54, 1.807) is 35.1 Å². The second-order valence-corrected chi connectivity index (χ2v) is 6.00. The van der Waals surface area contributed by atoms with Crippen LogP contribution in [0.5, 0.6) is 5.75 Å². The summed E-state index contributed by atoms with van der Waals surface area (Å²) in [4.78, 5) is 12.3. The Kier molecular flexibility index (Phi) is 5.31. The molecule has 1 aromatic heterocycles. The van der Waals surface area contributed by atoms with Gasteiger partial charge < -0.3 is 10.1 Å². The van der Waals surface area contributed by atoms with Crippen LogP contribution in [0.3, 0.4) is 0 Å². The van der Waals surface area contributed by atoms with E-state index < -0.39 is 0 Å². The van der Waals surface area contributed by atoms with E-state index in [-0.39, 0.29) is 11.7 Å². The largest absolute Gasteiger partial charge is 0.489 e. The highest BCUT2D eigenvalue weighted by molar-refractivity contribution is 5.94. The third kappa shape index (κ3) is 4.27. The van der Waals surface area contributed by atoms with Crippen LogP contribution in [0.2, 0.25) is 0 Å². The number of halogens is 1. The van der Waals surface area contributed by atoms with Gasteiger partial charge >= 0.3 is 0 Å². The summed E-state index contributed by atoms with van der Waals surface area (Å²) in [6, 6.07) is 13.1. The third-order valence-electron chi connectivity index (χ3n) is 4.21. The van der Waals surface area contributed by atoms with Gasteiger partial charge in [-0.2, -0.15) is 5.10 Å². The Morgan fingerprint density at radius 1 is 1.15 bits per heavy atom. The molecule has 0 unspecified atom stereocenters. The highest BCUT2D eigenvalue weighted by Crippen LogP contribution is 2.14. The number of hydrogen-bond acceptors (Lipinski definition) is 3. The van der Waals surface area contributed by atoms with Gasteiger partial charge in [-0.25, -0.2) is 4.39 Å². The zero-order chi connectivity index (χ0) is 18.5. The lowest BCUT2D eigenvalue weighted by Gasteiger charge is -2.08. The molecule has 0 saturated heterocycles. The molecule has 0 aliphatic heterocycles. The Labute approximate surface area is 151 Å². The first kappa shape index (κ1) is 17.7. The maximum atomic E-state index is 12.9. The Balaban J connectivity index is 1.54. The van der Waals surface area contributed by atoms with Gasteiger partial charge in [0.2, 0.25) is 0 Å². The van der Waals surface area contributed by atoms with Crippen molar-refractivity contribution in [3.8, 4) is 5.75 Å². The molecule has 0 spiro atoms. The number of amides is 1. The topological polar surface area (TPSA) is 56.1 Å². The van der Waals surface area contributed by atoms with Crippen LogP contribution in [-0.4, -0.2) is 15.7 Å². The van der Waals surface area contributed by atoms with Crippen molar-refractivity contribution < 1.29 is 13.9 Å². The zero-order valence-corrected chi connectivity index (χ0v) is 14.7. The molecule has 0 atom stereocenters. The minimum absolute atomic E-state index is 0.140. The molecule has 0 aliphatic carbocycles. The van der Waals surface area contributed by atoms with E-state index in [4.69, 9.17) is 4.74 Å². The highest BCUT2D eigenvalue weighted by Gasteiger charge is 2.08. The lowest BCUT2D eigenvalue weighted by Crippen LogP contribution is -2.23. The average Bonchev–Trinajstić information content (AvgIpc) is 2.98. The Morgan fingerprint density at radius 2 is 1.85 bits per heavy atom. The van der Waals surface area contributed by atoms with Crippen molar-refractivity contribution in [3.05, 3.63) is 82.9 Å². The molecule has 0 bridgehead atoms. The molecule has 26 heavy (non-hydrogen) atoms. The van der Waals surface area contributed by atoms with Gasteiger partial charge in [-0.3, -0.25) is 9.48 Å². The van der Waals surface area contributed by atoms with E-state index in [0.717, 1.165) is 16.8 Å². The molecule has 3 aromatic rings. The number of rotatable bonds is 6. The van der Waals surface area contributed by atoms with Gasteiger partial charge in [-0.1, -0.05) is 12.1 Å². The van der Waals surface area contributed by atoms with Crippen molar-refractivity contribution in [2.45, 2.75) is 20.1 Å². The summed E-state index contributed by atoms with van der Waals surface area (Å²) in [5.41, 5.74) is 3.52. The van der Waals surface area contributed by atoms with Crippen LogP contribution in [-0.2, 0) is 20.2 Å². The number of aryl methyl sites for hydroxylation is 1. The molecule has 5 nitrogen and oxygen atoms in total. The number of aromatic nitrogens is 2. The van der Waals surface area contributed by atoms with Crippen molar-refractivity contribution in [2.75, 3.05) is 0 Å². The van der Waals surface area contributed by atoms with Crippen LogP contribution < -0.4 is 10.1 Å². The molecular weight excluding hydrogens is 333 g/mol. The van der Waals surface area contributed by atoms with Crippen LogP contribution in [0, 0.1) is 12.7 Å². The van der Waals surface area contributed by atoms with Gasteiger partial charge in [0.15, 0.2) is 0 Å². The van der Waals surface area contributed by atoms with Crippen LogP contribution in [0.4, 0.5) is 4.39 Å². The summed E-state index contributed by atoms with van der Waals surface area (Å²) in [6.45, 7) is 2.75. The monoisotopic (exact) mass is 353 g/mol.